The highest BCUT2D eigenvalue weighted by Gasteiger charge is 2.43. The number of hydrogen-bond acceptors (Lipinski definition) is 3. The van der Waals surface area contributed by atoms with Gasteiger partial charge >= 0.3 is 12.1 Å². The Balaban J connectivity index is 2.51. The van der Waals surface area contributed by atoms with Crippen LogP contribution in [-0.2, 0) is 14.3 Å². The summed E-state index contributed by atoms with van der Waals surface area (Å²) in [6, 6.07) is 0. The Bertz CT molecular complexity index is 234. The van der Waals surface area contributed by atoms with E-state index < -0.39 is 18.2 Å². The first kappa shape index (κ1) is 13.3. The normalized spacial score (nSPS) is 20.5. The first-order chi connectivity index (χ1) is 7.39. The fraction of sp³-hybridized carbons (Fsp3) is 0.900. The van der Waals surface area contributed by atoms with E-state index in [2.05, 4.69) is 4.74 Å². The molecule has 1 aliphatic rings. The molecule has 0 aromatic heterocycles. The second-order valence-corrected chi connectivity index (χ2v) is 3.93. The third-order valence-electron chi connectivity index (χ3n) is 2.56. The minimum absolute atomic E-state index is 0.0836. The molecule has 94 valence electrons. The summed E-state index contributed by atoms with van der Waals surface area (Å²) in [5.41, 5.74) is 0. The van der Waals surface area contributed by atoms with Crippen LogP contribution in [0.3, 0.4) is 0 Å². The molecule has 1 aliphatic heterocycles. The van der Waals surface area contributed by atoms with Gasteiger partial charge in [-0.05, 0) is 25.2 Å². The smallest absolute Gasteiger partial charge is 0.425 e. The van der Waals surface area contributed by atoms with Gasteiger partial charge in [0, 0.05) is 20.1 Å². The van der Waals surface area contributed by atoms with Gasteiger partial charge in [-0.1, -0.05) is 0 Å². The molecule has 0 radical (unpaired) electrons. The highest BCUT2D eigenvalue weighted by atomic mass is 19.4. The largest absolute Gasteiger partial charge is 0.453 e. The number of alkyl halides is 3. The summed E-state index contributed by atoms with van der Waals surface area (Å²) in [5, 5.41) is 0. The van der Waals surface area contributed by atoms with E-state index in [4.69, 9.17) is 4.74 Å². The standard InChI is InChI=1S/C10H15F3O3/c1-7(14)16-9(10(11,12)13)6-8-2-4-15-5-3-8/h8-9H,2-6H2,1H3. The van der Waals surface area contributed by atoms with Crippen molar-refractivity contribution < 1.29 is 27.4 Å². The molecule has 16 heavy (non-hydrogen) atoms. The summed E-state index contributed by atoms with van der Waals surface area (Å²) < 4.78 is 47.0. The summed E-state index contributed by atoms with van der Waals surface area (Å²) in [6.07, 6.45) is -5.44. The molecule has 0 N–H and O–H groups in total. The summed E-state index contributed by atoms with van der Waals surface area (Å²) >= 11 is 0. The summed E-state index contributed by atoms with van der Waals surface area (Å²) in [4.78, 5) is 10.6. The lowest BCUT2D eigenvalue weighted by Crippen LogP contribution is -2.36. The molecule has 6 heteroatoms. The van der Waals surface area contributed by atoms with Gasteiger partial charge in [-0.3, -0.25) is 4.79 Å². The predicted octanol–water partition coefficient (Wildman–Crippen LogP) is 2.30. The topological polar surface area (TPSA) is 35.5 Å². The van der Waals surface area contributed by atoms with Gasteiger partial charge in [-0.15, -0.1) is 0 Å². The molecule has 3 nitrogen and oxygen atoms in total. The first-order valence-electron chi connectivity index (χ1n) is 5.21. The van der Waals surface area contributed by atoms with Crippen LogP contribution in [-0.4, -0.2) is 31.5 Å². The van der Waals surface area contributed by atoms with E-state index in [1.165, 1.54) is 0 Å². The van der Waals surface area contributed by atoms with Gasteiger partial charge in [0.15, 0.2) is 6.10 Å². The molecule has 1 unspecified atom stereocenters. The zero-order valence-corrected chi connectivity index (χ0v) is 9.05. The van der Waals surface area contributed by atoms with Crippen molar-refractivity contribution in [2.75, 3.05) is 13.2 Å². The van der Waals surface area contributed by atoms with Crippen LogP contribution in [0.2, 0.25) is 0 Å². The van der Waals surface area contributed by atoms with E-state index in [1.807, 2.05) is 0 Å². The number of halogens is 3. The third kappa shape index (κ3) is 4.38. The molecule has 1 atom stereocenters. The van der Waals surface area contributed by atoms with E-state index in [0.717, 1.165) is 6.92 Å². The molecule has 0 saturated carbocycles. The molecular weight excluding hydrogens is 225 g/mol. The Kier molecular flexibility index (Phi) is 4.58. The van der Waals surface area contributed by atoms with Crippen molar-refractivity contribution in [3.63, 3.8) is 0 Å². The van der Waals surface area contributed by atoms with Crippen LogP contribution in [0.4, 0.5) is 13.2 Å². The Labute approximate surface area is 91.9 Å². The molecule has 0 aromatic carbocycles. The number of rotatable bonds is 3. The molecule has 0 bridgehead atoms. The van der Waals surface area contributed by atoms with Gasteiger partial charge in [0.05, 0.1) is 0 Å². The Morgan fingerprint density at radius 1 is 1.44 bits per heavy atom. The molecule has 0 spiro atoms. The first-order valence-corrected chi connectivity index (χ1v) is 5.21. The van der Waals surface area contributed by atoms with E-state index in [0.29, 0.717) is 26.1 Å². The zero-order valence-electron chi connectivity index (χ0n) is 9.05. The third-order valence-corrected chi connectivity index (χ3v) is 2.56. The van der Waals surface area contributed by atoms with Crippen LogP contribution in [0, 0.1) is 5.92 Å². The van der Waals surface area contributed by atoms with Crippen molar-refractivity contribution in [1.82, 2.24) is 0 Å². The van der Waals surface area contributed by atoms with Crippen LogP contribution >= 0.6 is 0 Å². The highest BCUT2D eigenvalue weighted by molar-refractivity contribution is 5.66. The van der Waals surface area contributed by atoms with Gasteiger partial charge in [0.25, 0.3) is 0 Å². The zero-order chi connectivity index (χ0) is 12.2. The molecule has 1 rings (SSSR count). The van der Waals surface area contributed by atoms with Gasteiger partial charge in [-0.2, -0.15) is 13.2 Å². The predicted molar refractivity (Wildman–Crippen MR) is 49.8 cm³/mol. The second-order valence-electron chi connectivity index (χ2n) is 3.93. The van der Waals surface area contributed by atoms with Crippen LogP contribution in [0.15, 0.2) is 0 Å². The van der Waals surface area contributed by atoms with Gasteiger partial charge < -0.3 is 9.47 Å². The van der Waals surface area contributed by atoms with Crippen molar-refractivity contribution in [1.29, 1.82) is 0 Å². The molecule has 1 heterocycles. The molecule has 0 amide bonds. The summed E-state index contributed by atoms with van der Waals surface area (Å²) in [5.74, 6) is -0.978. The van der Waals surface area contributed by atoms with Crippen LogP contribution in [0.25, 0.3) is 0 Å². The lowest BCUT2D eigenvalue weighted by molar-refractivity contribution is -0.225. The van der Waals surface area contributed by atoms with Crippen molar-refractivity contribution in [2.45, 2.75) is 38.5 Å². The molecular formula is C10H15F3O3. The molecule has 0 aromatic rings. The van der Waals surface area contributed by atoms with Crippen molar-refractivity contribution in [3.05, 3.63) is 0 Å². The molecule has 1 fully saturated rings. The van der Waals surface area contributed by atoms with Gasteiger partial charge in [-0.25, -0.2) is 0 Å². The van der Waals surface area contributed by atoms with E-state index in [1.54, 1.807) is 0 Å². The quantitative estimate of drug-likeness (QED) is 0.710. The van der Waals surface area contributed by atoms with Crippen molar-refractivity contribution in [3.8, 4) is 0 Å². The maximum absolute atomic E-state index is 12.5. The van der Waals surface area contributed by atoms with Gasteiger partial charge in [0.1, 0.15) is 0 Å². The van der Waals surface area contributed by atoms with E-state index >= 15 is 0 Å². The number of carbonyl (C=O) groups excluding carboxylic acids is 1. The number of carbonyl (C=O) groups is 1. The average molecular weight is 240 g/mol. The minimum atomic E-state index is -4.48. The number of hydrogen-bond donors (Lipinski definition) is 0. The van der Waals surface area contributed by atoms with E-state index in [9.17, 15) is 18.0 Å². The average Bonchev–Trinajstić information content (AvgIpc) is 2.16. The van der Waals surface area contributed by atoms with Crippen molar-refractivity contribution >= 4 is 5.97 Å². The second kappa shape index (κ2) is 5.52. The Morgan fingerprint density at radius 2 is 2.00 bits per heavy atom. The monoisotopic (exact) mass is 240 g/mol. The van der Waals surface area contributed by atoms with Crippen LogP contribution < -0.4 is 0 Å². The SMILES string of the molecule is CC(=O)OC(CC1CCOCC1)C(F)(F)F. The number of ether oxygens (including phenoxy) is 2. The maximum Gasteiger partial charge on any atom is 0.425 e. The molecule has 1 saturated heterocycles. The summed E-state index contributed by atoms with van der Waals surface area (Å²) in [6.45, 7) is 1.95. The lowest BCUT2D eigenvalue weighted by Gasteiger charge is -2.27. The fourth-order valence-electron chi connectivity index (χ4n) is 1.73. The van der Waals surface area contributed by atoms with E-state index in [-0.39, 0.29) is 12.3 Å². The van der Waals surface area contributed by atoms with Crippen molar-refractivity contribution in [2.24, 2.45) is 5.92 Å². The highest BCUT2D eigenvalue weighted by Crippen LogP contribution is 2.31. The lowest BCUT2D eigenvalue weighted by atomic mass is 9.93. The molecule has 0 aliphatic carbocycles. The number of esters is 1. The summed E-state index contributed by atoms with van der Waals surface area (Å²) in [7, 11) is 0. The maximum atomic E-state index is 12.5. The van der Waals surface area contributed by atoms with Crippen LogP contribution in [0.5, 0.6) is 0 Å². The minimum Gasteiger partial charge on any atom is -0.453 e. The Morgan fingerprint density at radius 3 is 2.44 bits per heavy atom. The van der Waals surface area contributed by atoms with Crippen LogP contribution in [0.1, 0.15) is 26.2 Å². The Hall–Kier alpha value is -0.780. The fourth-order valence-corrected chi connectivity index (χ4v) is 1.73. The van der Waals surface area contributed by atoms with Gasteiger partial charge in [0.2, 0.25) is 0 Å².